The molecule has 1 heterocycles. The van der Waals surface area contributed by atoms with E-state index in [0.717, 1.165) is 0 Å². The van der Waals surface area contributed by atoms with Crippen molar-refractivity contribution in [3.8, 4) is 11.4 Å². The molecule has 8 nitrogen and oxygen atoms in total. The van der Waals surface area contributed by atoms with Gasteiger partial charge in [-0.2, -0.15) is 0 Å². The maximum absolute atomic E-state index is 10.9. The van der Waals surface area contributed by atoms with Crippen molar-refractivity contribution in [2.45, 2.75) is 6.42 Å². The molecular weight excluding hydrogens is 252 g/mol. The number of hydrogen-bond donors (Lipinski definition) is 1. The van der Waals surface area contributed by atoms with Gasteiger partial charge in [0.2, 0.25) is 0 Å². The van der Waals surface area contributed by atoms with Crippen molar-refractivity contribution in [1.29, 1.82) is 0 Å². The Morgan fingerprint density at radius 1 is 1.53 bits per heavy atom. The quantitative estimate of drug-likeness (QED) is 0.630. The summed E-state index contributed by atoms with van der Waals surface area (Å²) < 4.78 is 6.34. The van der Waals surface area contributed by atoms with Gasteiger partial charge in [0.1, 0.15) is 0 Å². The lowest BCUT2D eigenvalue weighted by Gasteiger charge is -2.04. The Balaban J connectivity index is 2.39. The predicted molar refractivity (Wildman–Crippen MR) is 65.4 cm³/mol. The van der Waals surface area contributed by atoms with Gasteiger partial charge >= 0.3 is 5.69 Å². The van der Waals surface area contributed by atoms with E-state index in [2.05, 4.69) is 10.3 Å². The summed E-state index contributed by atoms with van der Waals surface area (Å²) in [6, 6.07) is 4.50. The number of nitro benzene ring substituents is 1. The summed E-state index contributed by atoms with van der Waals surface area (Å²) in [6.07, 6.45) is 2.00. The minimum atomic E-state index is -0.520. The molecule has 2 rings (SSSR count). The van der Waals surface area contributed by atoms with Gasteiger partial charge in [-0.25, -0.2) is 4.68 Å². The zero-order valence-electron chi connectivity index (χ0n) is 10.2. The Bertz CT molecular complexity index is 596. The largest absolute Gasteiger partial charge is 0.490 e. The molecule has 2 aromatic rings. The molecule has 1 N–H and O–H groups in total. The van der Waals surface area contributed by atoms with Crippen LogP contribution in [-0.4, -0.2) is 38.7 Å². The molecule has 100 valence electrons. The second-order valence-electron chi connectivity index (χ2n) is 3.74. The molecule has 0 fully saturated rings. The van der Waals surface area contributed by atoms with Crippen molar-refractivity contribution < 1.29 is 14.8 Å². The number of ether oxygens (including phenoxy) is 1. The number of nitrogens with zero attached hydrogens (tertiary/aromatic N) is 4. The molecule has 0 amide bonds. The summed E-state index contributed by atoms with van der Waals surface area (Å²) in [7, 11) is 1.37. The van der Waals surface area contributed by atoms with Crippen molar-refractivity contribution in [3.63, 3.8) is 0 Å². The first-order valence-electron chi connectivity index (χ1n) is 5.50. The van der Waals surface area contributed by atoms with Crippen LogP contribution in [0.25, 0.3) is 5.69 Å². The fourth-order valence-electron chi connectivity index (χ4n) is 1.62. The van der Waals surface area contributed by atoms with E-state index in [1.165, 1.54) is 23.9 Å². The molecule has 0 bridgehead atoms. The summed E-state index contributed by atoms with van der Waals surface area (Å²) in [5, 5.41) is 27.4. The van der Waals surface area contributed by atoms with Gasteiger partial charge in [0.15, 0.2) is 5.75 Å². The molecule has 0 aliphatic carbocycles. The molecule has 1 aromatic carbocycles. The van der Waals surface area contributed by atoms with Crippen LogP contribution in [0.3, 0.4) is 0 Å². The number of nitro groups is 1. The van der Waals surface area contributed by atoms with Gasteiger partial charge in [-0.3, -0.25) is 10.1 Å². The Kier molecular flexibility index (Phi) is 3.71. The molecule has 0 saturated heterocycles. The van der Waals surface area contributed by atoms with Crippen LogP contribution in [0, 0.1) is 10.1 Å². The number of rotatable bonds is 5. The van der Waals surface area contributed by atoms with E-state index in [1.54, 1.807) is 12.3 Å². The van der Waals surface area contributed by atoms with Gasteiger partial charge in [-0.15, -0.1) is 5.10 Å². The monoisotopic (exact) mass is 264 g/mol. The average Bonchev–Trinajstić information content (AvgIpc) is 2.87. The van der Waals surface area contributed by atoms with Gasteiger partial charge in [0.25, 0.3) is 0 Å². The molecule has 19 heavy (non-hydrogen) atoms. The van der Waals surface area contributed by atoms with E-state index in [1.807, 2.05) is 0 Å². The highest BCUT2D eigenvalue weighted by atomic mass is 16.6. The molecule has 0 unspecified atom stereocenters. The number of aromatic nitrogens is 3. The number of aliphatic hydroxyl groups excluding tert-OH is 1. The zero-order valence-corrected chi connectivity index (χ0v) is 10.2. The third kappa shape index (κ3) is 2.68. The smallest absolute Gasteiger partial charge is 0.313 e. The van der Waals surface area contributed by atoms with Crippen molar-refractivity contribution in [2.75, 3.05) is 13.7 Å². The van der Waals surface area contributed by atoms with E-state index < -0.39 is 4.92 Å². The zero-order chi connectivity index (χ0) is 13.8. The lowest BCUT2D eigenvalue weighted by atomic mass is 10.2. The van der Waals surface area contributed by atoms with Crippen molar-refractivity contribution in [2.24, 2.45) is 0 Å². The van der Waals surface area contributed by atoms with Crippen LogP contribution < -0.4 is 4.74 Å². The van der Waals surface area contributed by atoms with Crippen LogP contribution in [0.5, 0.6) is 5.75 Å². The lowest BCUT2D eigenvalue weighted by Crippen LogP contribution is -1.99. The Hall–Kier alpha value is -2.48. The molecule has 0 spiro atoms. The fraction of sp³-hybridized carbons (Fsp3) is 0.273. The highest BCUT2D eigenvalue weighted by Gasteiger charge is 2.16. The summed E-state index contributed by atoms with van der Waals surface area (Å²) >= 11 is 0. The van der Waals surface area contributed by atoms with Crippen molar-refractivity contribution >= 4 is 5.69 Å². The number of hydrogen-bond acceptors (Lipinski definition) is 6. The minimum Gasteiger partial charge on any atom is -0.490 e. The van der Waals surface area contributed by atoms with Gasteiger partial charge in [0, 0.05) is 19.1 Å². The highest BCUT2D eigenvalue weighted by molar-refractivity contribution is 5.53. The van der Waals surface area contributed by atoms with Crippen molar-refractivity contribution in [3.05, 3.63) is 40.2 Å². The van der Waals surface area contributed by atoms with Gasteiger partial charge in [-0.1, -0.05) is 5.21 Å². The third-order valence-electron chi connectivity index (χ3n) is 2.53. The Morgan fingerprint density at radius 2 is 2.32 bits per heavy atom. The number of methoxy groups -OCH3 is 1. The Morgan fingerprint density at radius 3 is 2.95 bits per heavy atom. The van der Waals surface area contributed by atoms with Crippen LogP contribution in [0.4, 0.5) is 5.69 Å². The first-order chi connectivity index (χ1) is 9.15. The molecule has 0 aliphatic rings. The van der Waals surface area contributed by atoms with E-state index in [-0.39, 0.29) is 18.0 Å². The third-order valence-corrected chi connectivity index (χ3v) is 2.53. The van der Waals surface area contributed by atoms with Crippen LogP contribution >= 0.6 is 0 Å². The van der Waals surface area contributed by atoms with E-state index in [9.17, 15) is 10.1 Å². The molecule has 0 atom stereocenters. The predicted octanol–water partition coefficient (Wildman–Crippen LogP) is 0.719. The van der Waals surface area contributed by atoms with E-state index >= 15 is 0 Å². The number of benzene rings is 1. The lowest BCUT2D eigenvalue weighted by molar-refractivity contribution is -0.385. The van der Waals surface area contributed by atoms with Crippen molar-refractivity contribution in [1.82, 2.24) is 15.0 Å². The van der Waals surface area contributed by atoms with E-state index in [4.69, 9.17) is 9.84 Å². The van der Waals surface area contributed by atoms with Gasteiger partial charge in [-0.05, 0) is 12.1 Å². The molecule has 0 saturated carbocycles. The second-order valence-corrected chi connectivity index (χ2v) is 3.74. The first-order valence-corrected chi connectivity index (χ1v) is 5.50. The minimum absolute atomic E-state index is 0.0263. The first kappa shape index (κ1) is 13.0. The van der Waals surface area contributed by atoms with Crippen LogP contribution in [0.2, 0.25) is 0 Å². The maximum atomic E-state index is 10.9. The van der Waals surface area contributed by atoms with Crippen LogP contribution in [-0.2, 0) is 6.42 Å². The highest BCUT2D eigenvalue weighted by Crippen LogP contribution is 2.28. The number of aliphatic hydroxyl groups is 1. The molecule has 0 aliphatic heterocycles. The maximum Gasteiger partial charge on any atom is 0.313 e. The van der Waals surface area contributed by atoms with Crippen LogP contribution in [0.1, 0.15) is 5.69 Å². The van der Waals surface area contributed by atoms with Crippen LogP contribution in [0.15, 0.2) is 24.4 Å². The molecule has 0 radical (unpaired) electrons. The topological polar surface area (TPSA) is 103 Å². The average molecular weight is 264 g/mol. The van der Waals surface area contributed by atoms with Gasteiger partial charge in [0.05, 0.1) is 29.6 Å². The summed E-state index contributed by atoms with van der Waals surface area (Å²) in [5.74, 6) is 0.185. The Labute approximate surface area is 108 Å². The summed E-state index contributed by atoms with van der Waals surface area (Å²) in [6.45, 7) is -0.0263. The normalized spacial score (nSPS) is 10.4. The molecule has 1 aromatic heterocycles. The summed E-state index contributed by atoms with van der Waals surface area (Å²) in [4.78, 5) is 10.4. The SMILES string of the molecule is COc1ccc(-n2cc(CCO)nn2)cc1[N+](=O)[O-]. The molecule has 8 heteroatoms. The summed E-state index contributed by atoms with van der Waals surface area (Å²) in [5.41, 5.74) is 0.976. The molecular formula is C11H12N4O4. The van der Waals surface area contributed by atoms with E-state index in [0.29, 0.717) is 17.8 Å². The standard InChI is InChI=1S/C11H12N4O4/c1-19-11-3-2-9(6-10(11)15(17)18)14-7-8(4-5-16)12-13-14/h2-3,6-7,16H,4-5H2,1H3. The second kappa shape index (κ2) is 5.44. The fourth-order valence-corrected chi connectivity index (χ4v) is 1.62. The van der Waals surface area contributed by atoms with Gasteiger partial charge < -0.3 is 9.84 Å².